The molecule has 0 unspecified atom stereocenters. The largest absolute Gasteiger partial charge is 0.389 e. The van der Waals surface area contributed by atoms with Gasteiger partial charge in [-0.15, -0.1) is 0 Å². The molecule has 1 aliphatic rings. The van der Waals surface area contributed by atoms with Gasteiger partial charge in [-0.25, -0.2) is 0 Å². The average molecular weight is 261 g/mol. The molecule has 3 nitrogen and oxygen atoms in total. The third-order valence-electron chi connectivity index (χ3n) is 3.89. The lowest BCUT2D eigenvalue weighted by molar-refractivity contribution is 0.0172. The molecule has 1 aliphatic carbocycles. The van der Waals surface area contributed by atoms with E-state index in [9.17, 15) is 9.90 Å². The topological polar surface area (TPSA) is 40.5 Å². The summed E-state index contributed by atoms with van der Waals surface area (Å²) in [7, 11) is 1.91. The van der Waals surface area contributed by atoms with E-state index in [0.29, 0.717) is 13.1 Å². The van der Waals surface area contributed by atoms with Gasteiger partial charge in [0.15, 0.2) is 5.78 Å². The van der Waals surface area contributed by atoms with Gasteiger partial charge in [0.05, 0.1) is 12.1 Å². The van der Waals surface area contributed by atoms with Crippen molar-refractivity contribution in [3.63, 3.8) is 0 Å². The van der Waals surface area contributed by atoms with Gasteiger partial charge in [0.1, 0.15) is 0 Å². The van der Waals surface area contributed by atoms with Gasteiger partial charge in [0, 0.05) is 12.1 Å². The first-order chi connectivity index (χ1) is 8.98. The number of hydrogen-bond acceptors (Lipinski definition) is 3. The Morgan fingerprint density at radius 1 is 1.26 bits per heavy atom. The van der Waals surface area contributed by atoms with Crippen molar-refractivity contribution in [2.24, 2.45) is 0 Å². The molecule has 0 amide bonds. The van der Waals surface area contributed by atoms with Crippen molar-refractivity contribution in [1.29, 1.82) is 0 Å². The zero-order valence-corrected chi connectivity index (χ0v) is 11.9. The average Bonchev–Trinajstić information content (AvgIpc) is 2.76. The van der Waals surface area contributed by atoms with Crippen LogP contribution in [0.2, 0.25) is 0 Å². The smallest absolute Gasteiger partial charge is 0.176 e. The van der Waals surface area contributed by atoms with E-state index in [1.54, 1.807) is 0 Å². The fraction of sp³-hybridized carbons (Fsp3) is 0.562. The lowest BCUT2D eigenvalue weighted by Gasteiger charge is -2.28. The highest BCUT2D eigenvalue weighted by molar-refractivity contribution is 5.97. The van der Waals surface area contributed by atoms with E-state index in [0.717, 1.165) is 36.8 Å². The Morgan fingerprint density at radius 2 is 1.84 bits per heavy atom. The quantitative estimate of drug-likeness (QED) is 0.828. The van der Waals surface area contributed by atoms with Crippen LogP contribution in [-0.4, -0.2) is 41.5 Å². The molecule has 3 heteroatoms. The Morgan fingerprint density at radius 3 is 2.42 bits per heavy atom. The van der Waals surface area contributed by atoms with Crippen LogP contribution in [0.5, 0.6) is 0 Å². The van der Waals surface area contributed by atoms with Crippen molar-refractivity contribution in [3.8, 4) is 0 Å². The van der Waals surface area contributed by atoms with Crippen molar-refractivity contribution < 1.29 is 9.90 Å². The number of carbonyl (C=O) groups is 1. The van der Waals surface area contributed by atoms with E-state index in [4.69, 9.17) is 0 Å². The van der Waals surface area contributed by atoms with Gasteiger partial charge in [0.25, 0.3) is 0 Å². The fourth-order valence-electron chi connectivity index (χ4n) is 2.83. The molecule has 19 heavy (non-hydrogen) atoms. The molecule has 1 saturated carbocycles. The molecule has 0 bridgehead atoms. The second kappa shape index (κ2) is 5.85. The maximum absolute atomic E-state index is 12.1. The van der Waals surface area contributed by atoms with E-state index in [-0.39, 0.29) is 5.78 Å². The summed E-state index contributed by atoms with van der Waals surface area (Å²) in [6, 6.07) is 7.65. The summed E-state index contributed by atoms with van der Waals surface area (Å²) in [5, 5.41) is 10.3. The highest BCUT2D eigenvalue weighted by atomic mass is 16.3. The molecule has 0 heterocycles. The number of benzene rings is 1. The van der Waals surface area contributed by atoms with Crippen LogP contribution >= 0.6 is 0 Å². The van der Waals surface area contributed by atoms with Gasteiger partial charge >= 0.3 is 0 Å². The van der Waals surface area contributed by atoms with E-state index in [1.807, 2.05) is 43.1 Å². The van der Waals surface area contributed by atoms with Crippen molar-refractivity contribution >= 4 is 5.78 Å². The zero-order chi connectivity index (χ0) is 13.9. The van der Waals surface area contributed by atoms with Gasteiger partial charge in [-0.1, -0.05) is 42.7 Å². The molecule has 0 aromatic heterocycles. The summed E-state index contributed by atoms with van der Waals surface area (Å²) < 4.78 is 0. The third kappa shape index (κ3) is 3.88. The van der Waals surface area contributed by atoms with E-state index in [1.165, 1.54) is 0 Å². The fourth-order valence-corrected chi connectivity index (χ4v) is 2.83. The Balaban J connectivity index is 1.89. The normalized spacial score (nSPS) is 17.9. The number of nitrogens with zero attached hydrogens (tertiary/aromatic N) is 1. The van der Waals surface area contributed by atoms with Gasteiger partial charge in [-0.05, 0) is 26.8 Å². The first kappa shape index (κ1) is 14.2. The van der Waals surface area contributed by atoms with Crippen LogP contribution in [0, 0.1) is 6.92 Å². The predicted octanol–water partition coefficient (Wildman–Crippen LogP) is 2.41. The summed E-state index contributed by atoms with van der Waals surface area (Å²) in [6.45, 7) is 2.96. The van der Waals surface area contributed by atoms with Gasteiger partial charge in [0.2, 0.25) is 0 Å². The van der Waals surface area contributed by atoms with Crippen molar-refractivity contribution in [2.75, 3.05) is 20.1 Å². The molecular weight excluding hydrogens is 238 g/mol. The number of likely N-dealkylation sites (N-methyl/N-ethyl adjacent to an activating group) is 1. The summed E-state index contributed by atoms with van der Waals surface area (Å²) in [4.78, 5) is 14.1. The van der Waals surface area contributed by atoms with Crippen molar-refractivity contribution in [3.05, 3.63) is 35.4 Å². The molecule has 0 radical (unpaired) electrons. The first-order valence-electron chi connectivity index (χ1n) is 6.99. The summed E-state index contributed by atoms with van der Waals surface area (Å²) >= 11 is 0. The second-order valence-electron chi connectivity index (χ2n) is 5.89. The lowest BCUT2D eigenvalue weighted by atomic mass is 10.0. The van der Waals surface area contributed by atoms with Gasteiger partial charge < -0.3 is 5.11 Å². The minimum Gasteiger partial charge on any atom is -0.389 e. The van der Waals surface area contributed by atoms with Crippen LogP contribution < -0.4 is 0 Å². The number of rotatable bonds is 5. The zero-order valence-electron chi connectivity index (χ0n) is 11.9. The third-order valence-corrected chi connectivity index (χ3v) is 3.89. The minimum absolute atomic E-state index is 0.115. The number of carbonyl (C=O) groups excluding carboxylic acids is 1. The van der Waals surface area contributed by atoms with Gasteiger partial charge in [-0.2, -0.15) is 0 Å². The standard InChI is InChI=1S/C16H23NO2/c1-13-5-7-14(8-6-13)15(18)11-17(2)12-16(19)9-3-4-10-16/h5-8,19H,3-4,9-12H2,1-2H3. The molecule has 1 aromatic carbocycles. The highest BCUT2D eigenvalue weighted by Crippen LogP contribution is 2.29. The monoisotopic (exact) mass is 261 g/mol. The molecule has 1 aromatic rings. The van der Waals surface area contributed by atoms with Crippen LogP contribution in [0.4, 0.5) is 0 Å². The molecular formula is C16H23NO2. The van der Waals surface area contributed by atoms with Gasteiger partial charge in [-0.3, -0.25) is 9.69 Å². The van der Waals surface area contributed by atoms with Crippen LogP contribution in [0.25, 0.3) is 0 Å². The molecule has 2 rings (SSSR count). The first-order valence-corrected chi connectivity index (χ1v) is 6.99. The summed E-state index contributed by atoms with van der Waals surface area (Å²) in [6.07, 6.45) is 3.90. The molecule has 0 spiro atoms. The number of hydrogen-bond donors (Lipinski definition) is 1. The molecule has 104 valence electrons. The Hall–Kier alpha value is -1.19. The van der Waals surface area contributed by atoms with Crippen molar-refractivity contribution in [1.82, 2.24) is 4.90 Å². The van der Waals surface area contributed by atoms with Crippen LogP contribution in [-0.2, 0) is 0 Å². The molecule has 0 atom stereocenters. The SMILES string of the molecule is Cc1ccc(C(=O)CN(C)CC2(O)CCCC2)cc1. The number of aryl methyl sites for hydroxylation is 1. The second-order valence-corrected chi connectivity index (χ2v) is 5.89. The van der Waals surface area contributed by atoms with E-state index in [2.05, 4.69) is 0 Å². The molecule has 0 aliphatic heterocycles. The maximum Gasteiger partial charge on any atom is 0.176 e. The Kier molecular flexibility index (Phi) is 4.38. The van der Waals surface area contributed by atoms with Crippen molar-refractivity contribution in [2.45, 2.75) is 38.2 Å². The Labute approximate surface area is 115 Å². The van der Waals surface area contributed by atoms with E-state index < -0.39 is 5.60 Å². The highest BCUT2D eigenvalue weighted by Gasteiger charge is 2.32. The Bertz CT molecular complexity index is 433. The van der Waals surface area contributed by atoms with Crippen LogP contribution in [0.3, 0.4) is 0 Å². The van der Waals surface area contributed by atoms with Crippen LogP contribution in [0.15, 0.2) is 24.3 Å². The predicted molar refractivity (Wildman–Crippen MR) is 76.4 cm³/mol. The minimum atomic E-state index is -0.581. The number of ketones is 1. The van der Waals surface area contributed by atoms with E-state index >= 15 is 0 Å². The number of Topliss-reactive ketones (excluding diaryl/α,β-unsaturated/α-hetero) is 1. The lowest BCUT2D eigenvalue weighted by Crippen LogP contribution is -2.41. The molecule has 0 saturated heterocycles. The maximum atomic E-state index is 12.1. The van der Waals surface area contributed by atoms with Crippen LogP contribution in [0.1, 0.15) is 41.6 Å². The summed E-state index contributed by atoms with van der Waals surface area (Å²) in [5.41, 5.74) is 1.32. The molecule has 1 fully saturated rings. The summed E-state index contributed by atoms with van der Waals surface area (Å²) in [5.74, 6) is 0.115. The number of aliphatic hydroxyl groups is 1. The molecule has 1 N–H and O–H groups in total.